The first-order chi connectivity index (χ1) is 19.5. The summed E-state index contributed by atoms with van der Waals surface area (Å²) in [6, 6.07) is 13.1. The third-order valence-electron chi connectivity index (χ3n) is 6.66. The number of phenolic OH excluding ortho intramolecular Hbond substituents is 1. The van der Waals surface area contributed by atoms with Crippen molar-refractivity contribution in [3.05, 3.63) is 65.7 Å². The molecule has 41 heavy (non-hydrogen) atoms. The molecule has 10 nitrogen and oxygen atoms in total. The van der Waals surface area contributed by atoms with Gasteiger partial charge in [-0.2, -0.15) is 0 Å². The third kappa shape index (κ3) is 9.51. The molecule has 0 aromatic heterocycles. The Kier molecular flexibility index (Phi) is 11.1. The van der Waals surface area contributed by atoms with E-state index in [4.69, 9.17) is 9.47 Å². The predicted molar refractivity (Wildman–Crippen MR) is 153 cm³/mol. The second-order valence-corrected chi connectivity index (χ2v) is 11.1. The Morgan fingerprint density at radius 1 is 1.02 bits per heavy atom. The topological polar surface area (TPSA) is 134 Å². The standard InChI is InChI=1S/C31H41N3O7/c1-5-40-26(36)18-19-32-28(37)27(22-14-16-24(35)17-15-22)34(23-12-9-13-23)29(38)25(20-21-10-7-6-8-11-21)33-30(39)41-31(2,3)4/h6-8,10-11,14-17,23,25,27,35H,5,9,12-13,18-20H2,1-4H3,(H,32,37)(H,33,39). The molecule has 10 heteroatoms. The van der Waals surface area contributed by atoms with Gasteiger partial charge in [0.05, 0.1) is 13.0 Å². The van der Waals surface area contributed by atoms with Crippen LogP contribution in [0.5, 0.6) is 5.75 Å². The first-order valence-electron chi connectivity index (χ1n) is 14.1. The van der Waals surface area contributed by atoms with E-state index in [0.29, 0.717) is 18.4 Å². The number of nitrogens with zero attached hydrogens (tertiary/aromatic N) is 1. The van der Waals surface area contributed by atoms with Gasteiger partial charge in [-0.25, -0.2) is 4.79 Å². The fourth-order valence-electron chi connectivity index (χ4n) is 4.58. The molecular weight excluding hydrogens is 526 g/mol. The first kappa shape index (κ1) is 31.4. The van der Waals surface area contributed by atoms with Gasteiger partial charge in [0.2, 0.25) is 11.8 Å². The van der Waals surface area contributed by atoms with Gasteiger partial charge < -0.3 is 30.1 Å². The molecule has 1 aliphatic rings. The molecule has 0 bridgehead atoms. The number of hydrogen-bond acceptors (Lipinski definition) is 7. The number of nitrogens with one attached hydrogen (secondary N) is 2. The van der Waals surface area contributed by atoms with Gasteiger partial charge in [0.1, 0.15) is 23.4 Å². The van der Waals surface area contributed by atoms with Crippen LogP contribution >= 0.6 is 0 Å². The number of esters is 1. The quantitative estimate of drug-likeness (QED) is 0.330. The van der Waals surface area contributed by atoms with E-state index in [9.17, 15) is 24.3 Å². The second kappa shape index (κ2) is 14.5. The van der Waals surface area contributed by atoms with Crippen LogP contribution in [0.15, 0.2) is 54.6 Å². The molecule has 3 N–H and O–H groups in total. The van der Waals surface area contributed by atoms with Gasteiger partial charge in [0, 0.05) is 19.0 Å². The lowest BCUT2D eigenvalue weighted by molar-refractivity contribution is -0.148. The maximum atomic E-state index is 14.4. The predicted octanol–water partition coefficient (Wildman–Crippen LogP) is 4.02. The molecule has 0 spiro atoms. The van der Waals surface area contributed by atoms with E-state index in [-0.39, 0.29) is 37.8 Å². The Balaban J connectivity index is 1.96. The summed E-state index contributed by atoms with van der Waals surface area (Å²) in [4.78, 5) is 54.4. The molecule has 1 aliphatic carbocycles. The van der Waals surface area contributed by atoms with E-state index in [1.165, 1.54) is 12.1 Å². The Morgan fingerprint density at radius 3 is 2.24 bits per heavy atom. The molecule has 0 radical (unpaired) electrons. The number of benzene rings is 2. The molecule has 2 unspecified atom stereocenters. The van der Waals surface area contributed by atoms with E-state index in [1.54, 1.807) is 44.7 Å². The summed E-state index contributed by atoms with van der Waals surface area (Å²) in [6.45, 7) is 7.19. The van der Waals surface area contributed by atoms with Crippen LogP contribution in [-0.2, 0) is 30.3 Å². The van der Waals surface area contributed by atoms with Gasteiger partial charge in [-0.3, -0.25) is 14.4 Å². The smallest absolute Gasteiger partial charge is 0.408 e. The van der Waals surface area contributed by atoms with E-state index in [0.717, 1.165) is 12.0 Å². The number of rotatable bonds is 12. The molecule has 3 rings (SSSR count). The van der Waals surface area contributed by atoms with Crippen molar-refractivity contribution in [2.24, 2.45) is 0 Å². The molecule has 2 aromatic carbocycles. The summed E-state index contributed by atoms with van der Waals surface area (Å²) in [7, 11) is 0. The number of phenols is 1. The number of carbonyl (C=O) groups excluding carboxylic acids is 4. The van der Waals surface area contributed by atoms with E-state index >= 15 is 0 Å². The zero-order valence-electron chi connectivity index (χ0n) is 24.2. The fourth-order valence-corrected chi connectivity index (χ4v) is 4.58. The summed E-state index contributed by atoms with van der Waals surface area (Å²) in [5.74, 6) is -1.32. The molecule has 0 aliphatic heterocycles. The van der Waals surface area contributed by atoms with Crippen LogP contribution in [0.1, 0.15) is 70.5 Å². The molecule has 3 amide bonds. The van der Waals surface area contributed by atoms with E-state index in [1.807, 2.05) is 30.3 Å². The minimum Gasteiger partial charge on any atom is -0.508 e. The molecule has 0 saturated heterocycles. The van der Waals surface area contributed by atoms with Crippen molar-refractivity contribution in [3.63, 3.8) is 0 Å². The average molecular weight is 568 g/mol. The first-order valence-corrected chi connectivity index (χ1v) is 14.1. The van der Waals surface area contributed by atoms with Crippen LogP contribution in [0.25, 0.3) is 0 Å². The molecule has 1 saturated carbocycles. The van der Waals surface area contributed by atoms with Crippen LogP contribution in [-0.4, -0.2) is 64.7 Å². The lowest BCUT2D eigenvalue weighted by Gasteiger charge is -2.43. The summed E-state index contributed by atoms with van der Waals surface area (Å²) in [6.07, 6.45) is 1.72. The summed E-state index contributed by atoms with van der Waals surface area (Å²) < 4.78 is 10.4. The number of aromatic hydroxyl groups is 1. The molecular formula is C31H41N3O7. The zero-order valence-corrected chi connectivity index (χ0v) is 24.2. The number of amides is 3. The fraction of sp³-hybridized carbons (Fsp3) is 0.484. The van der Waals surface area contributed by atoms with Gasteiger partial charge in [0.25, 0.3) is 0 Å². The molecule has 1 fully saturated rings. The van der Waals surface area contributed by atoms with E-state index in [2.05, 4.69) is 10.6 Å². The second-order valence-electron chi connectivity index (χ2n) is 11.1. The molecule has 2 aromatic rings. The molecule has 0 heterocycles. The Hall–Kier alpha value is -4.08. The van der Waals surface area contributed by atoms with Gasteiger partial charge in [0.15, 0.2) is 0 Å². The van der Waals surface area contributed by atoms with Crippen molar-refractivity contribution in [1.82, 2.24) is 15.5 Å². The van der Waals surface area contributed by atoms with Gasteiger partial charge >= 0.3 is 12.1 Å². The van der Waals surface area contributed by atoms with E-state index < -0.39 is 41.6 Å². The minimum absolute atomic E-state index is 0.0178. The van der Waals surface area contributed by atoms with Crippen LogP contribution in [0.3, 0.4) is 0 Å². The molecule has 222 valence electrons. The zero-order chi connectivity index (χ0) is 30.0. The Labute approximate surface area is 241 Å². The van der Waals surface area contributed by atoms with Gasteiger partial charge in [-0.1, -0.05) is 42.5 Å². The van der Waals surface area contributed by atoms with Crippen LogP contribution in [0.2, 0.25) is 0 Å². The Morgan fingerprint density at radius 2 is 1.68 bits per heavy atom. The van der Waals surface area contributed by atoms with Crippen LogP contribution in [0, 0.1) is 0 Å². The van der Waals surface area contributed by atoms with Crippen LogP contribution < -0.4 is 10.6 Å². The lowest BCUT2D eigenvalue weighted by Crippen LogP contribution is -2.58. The van der Waals surface area contributed by atoms with Crippen molar-refractivity contribution >= 4 is 23.9 Å². The number of hydrogen-bond donors (Lipinski definition) is 3. The van der Waals surface area contributed by atoms with Crippen molar-refractivity contribution in [3.8, 4) is 5.75 Å². The maximum Gasteiger partial charge on any atom is 0.408 e. The van der Waals surface area contributed by atoms with Crippen molar-refractivity contribution in [2.45, 2.75) is 83.5 Å². The monoisotopic (exact) mass is 567 g/mol. The number of ether oxygens (including phenoxy) is 2. The SMILES string of the molecule is CCOC(=O)CCNC(=O)C(c1ccc(O)cc1)N(C(=O)C(Cc1ccccc1)NC(=O)OC(C)(C)C)C1CCC1. The number of alkyl carbamates (subject to hydrolysis) is 1. The van der Waals surface area contributed by atoms with Crippen LogP contribution in [0.4, 0.5) is 4.79 Å². The normalized spacial score (nSPS) is 14.6. The summed E-state index contributed by atoms with van der Waals surface area (Å²) >= 11 is 0. The lowest BCUT2D eigenvalue weighted by atomic mass is 9.87. The maximum absolute atomic E-state index is 14.4. The highest BCUT2D eigenvalue weighted by atomic mass is 16.6. The minimum atomic E-state index is -1.06. The Bertz CT molecular complexity index is 1170. The highest BCUT2D eigenvalue weighted by Gasteiger charge is 2.42. The third-order valence-corrected chi connectivity index (χ3v) is 6.66. The highest BCUT2D eigenvalue weighted by Crippen LogP contribution is 2.34. The van der Waals surface area contributed by atoms with Gasteiger partial charge in [-0.05, 0) is 70.2 Å². The van der Waals surface area contributed by atoms with Crippen molar-refractivity contribution < 1.29 is 33.8 Å². The summed E-state index contributed by atoms with van der Waals surface area (Å²) in [5, 5.41) is 15.4. The molecule has 2 atom stereocenters. The largest absolute Gasteiger partial charge is 0.508 e. The van der Waals surface area contributed by atoms with Crippen molar-refractivity contribution in [2.75, 3.05) is 13.2 Å². The summed E-state index contributed by atoms with van der Waals surface area (Å²) in [5.41, 5.74) is 0.550. The highest BCUT2D eigenvalue weighted by molar-refractivity contribution is 5.92. The van der Waals surface area contributed by atoms with Gasteiger partial charge in [-0.15, -0.1) is 0 Å². The number of carbonyl (C=O) groups is 4. The average Bonchev–Trinajstić information content (AvgIpc) is 2.87. The van der Waals surface area contributed by atoms with Crippen molar-refractivity contribution in [1.29, 1.82) is 0 Å².